The van der Waals surface area contributed by atoms with Gasteiger partial charge in [-0.2, -0.15) is 0 Å². The zero-order valence-corrected chi connectivity index (χ0v) is 19.8. The highest BCUT2D eigenvalue weighted by Crippen LogP contribution is 2.25. The van der Waals surface area contributed by atoms with Crippen molar-refractivity contribution in [2.24, 2.45) is 23.7 Å². The van der Waals surface area contributed by atoms with Gasteiger partial charge in [-0.1, -0.05) is 55.4 Å². The lowest BCUT2D eigenvalue weighted by Gasteiger charge is -2.08. The van der Waals surface area contributed by atoms with Gasteiger partial charge in [0.25, 0.3) is 0 Å². The molecule has 168 valence electrons. The van der Waals surface area contributed by atoms with Crippen LogP contribution < -0.4 is 0 Å². The van der Waals surface area contributed by atoms with Crippen LogP contribution in [0, 0.1) is 23.7 Å². The van der Waals surface area contributed by atoms with E-state index in [1.165, 1.54) is 0 Å². The molecule has 0 unspecified atom stereocenters. The Morgan fingerprint density at radius 1 is 0.581 bits per heavy atom. The number of hydrogen-bond acceptors (Lipinski definition) is 4. The first-order valence-electron chi connectivity index (χ1n) is 11.0. The molecule has 0 radical (unpaired) electrons. The molecule has 2 rings (SSSR count). The molecule has 6 heteroatoms. The topological polar surface area (TPSA) is 99.9 Å². The largest absolute Gasteiger partial charge is 0.355 e. The van der Waals surface area contributed by atoms with Crippen LogP contribution in [0.25, 0.3) is 0 Å². The van der Waals surface area contributed by atoms with Crippen molar-refractivity contribution < 1.29 is 19.2 Å². The Morgan fingerprint density at radius 2 is 0.871 bits per heavy atom. The third-order valence-electron chi connectivity index (χ3n) is 5.31. The first kappa shape index (κ1) is 24.5. The van der Waals surface area contributed by atoms with Crippen LogP contribution in [0.15, 0.2) is 12.1 Å². The summed E-state index contributed by atoms with van der Waals surface area (Å²) in [5.74, 6) is -1.22. The van der Waals surface area contributed by atoms with Gasteiger partial charge in [0.2, 0.25) is 0 Å². The summed E-state index contributed by atoms with van der Waals surface area (Å²) < 4.78 is 0. The minimum absolute atomic E-state index is 0.0733. The number of nitrogens with one attached hydrogen (secondary N) is 2. The van der Waals surface area contributed by atoms with Crippen LogP contribution in [0.1, 0.15) is 108 Å². The molecule has 0 bridgehead atoms. The second-order valence-corrected chi connectivity index (χ2v) is 9.40. The Bertz CT molecular complexity index is 923. The van der Waals surface area contributed by atoms with Crippen molar-refractivity contribution >= 4 is 23.1 Å². The van der Waals surface area contributed by atoms with E-state index in [1.54, 1.807) is 39.8 Å². The molecule has 6 nitrogen and oxygen atoms in total. The smallest absolute Gasteiger partial charge is 0.181 e. The van der Waals surface area contributed by atoms with Crippen molar-refractivity contribution in [1.29, 1.82) is 0 Å². The highest BCUT2D eigenvalue weighted by molar-refractivity contribution is 6.04. The van der Waals surface area contributed by atoms with Gasteiger partial charge in [0.1, 0.15) is 0 Å². The monoisotopic (exact) mass is 426 g/mol. The Morgan fingerprint density at radius 3 is 1.13 bits per heavy atom. The van der Waals surface area contributed by atoms with Gasteiger partial charge in [0.05, 0.1) is 11.4 Å². The van der Waals surface area contributed by atoms with Crippen LogP contribution in [0.4, 0.5) is 0 Å². The Kier molecular flexibility index (Phi) is 7.58. The third-order valence-corrected chi connectivity index (χ3v) is 5.31. The molecule has 2 N–H and O–H groups in total. The van der Waals surface area contributed by atoms with Gasteiger partial charge in [-0.3, -0.25) is 19.2 Å². The van der Waals surface area contributed by atoms with E-state index in [2.05, 4.69) is 9.97 Å². The van der Waals surface area contributed by atoms with Crippen LogP contribution in [-0.4, -0.2) is 33.1 Å². The lowest BCUT2D eigenvalue weighted by atomic mass is 9.96. The molecule has 0 atom stereocenters. The van der Waals surface area contributed by atoms with E-state index in [0.717, 1.165) is 0 Å². The number of carbonyl (C=O) groups excluding carboxylic acids is 4. The number of H-pyrrole nitrogens is 2. The number of hydrogen-bond donors (Lipinski definition) is 2. The molecular weight excluding hydrogens is 392 g/mol. The molecule has 0 aliphatic rings. The van der Waals surface area contributed by atoms with Crippen LogP contribution in [0.2, 0.25) is 0 Å². The SMILES string of the molecule is CC(C)C(=O)c1cc(C(=O)C(C)C)c(Cc2[nH]c(C(=O)C(C)C)cc2C(=O)C(C)C)[nH]1. The lowest BCUT2D eigenvalue weighted by Crippen LogP contribution is -2.12. The summed E-state index contributed by atoms with van der Waals surface area (Å²) in [6.07, 6.45) is 0.221. The van der Waals surface area contributed by atoms with Crippen molar-refractivity contribution in [2.45, 2.75) is 61.8 Å². The van der Waals surface area contributed by atoms with Gasteiger partial charge in [-0.25, -0.2) is 0 Å². The summed E-state index contributed by atoms with van der Waals surface area (Å²) in [5.41, 5.74) is 2.82. The van der Waals surface area contributed by atoms with Gasteiger partial charge in [-0.15, -0.1) is 0 Å². The molecule has 0 aromatic carbocycles. The molecule has 0 amide bonds. The van der Waals surface area contributed by atoms with Gasteiger partial charge in [0, 0.05) is 52.6 Å². The van der Waals surface area contributed by atoms with Crippen molar-refractivity contribution in [3.8, 4) is 0 Å². The minimum Gasteiger partial charge on any atom is -0.355 e. The lowest BCUT2D eigenvalue weighted by molar-refractivity contribution is 0.0925. The zero-order chi connectivity index (χ0) is 23.6. The summed E-state index contributed by atoms with van der Waals surface area (Å²) in [5, 5.41) is 0. The molecule has 2 aromatic heterocycles. The summed E-state index contributed by atoms with van der Waals surface area (Å²) in [6, 6.07) is 3.24. The van der Waals surface area contributed by atoms with E-state index >= 15 is 0 Å². The highest BCUT2D eigenvalue weighted by Gasteiger charge is 2.26. The van der Waals surface area contributed by atoms with E-state index in [9.17, 15) is 19.2 Å². The molecule has 2 aromatic rings. The zero-order valence-electron chi connectivity index (χ0n) is 19.8. The van der Waals surface area contributed by atoms with Crippen LogP contribution in [0.3, 0.4) is 0 Å². The maximum absolute atomic E-state index is 12.8. The minimum atomic E-state index is -0.241. The van der Waals surface area contributed by atoms with Gasteiger partial charge in [-0.05, 0) is 12.1 Å². The molecule has 2 heterocycles. The number of carbonyl (C=O) groups is 4. The molecular formula is C25H34N2O4. The Hall–Kier alpha value is -2.76. The summed E-state index contributed by atoms with van der Waals surface area (Å²) in [7, 11) is 0. The second kappa shape index (κ2) is 9.58. The second-order valence-electron chi connectivity index (χ2n) is 9.40. The number of Topliss-reactive ketones (excluding diaryl/α,β-unsaturated/α-hetero) is 4. The van der Waals surface area contributed by atoms with Crippen LogP contribution in [0.5, 0.6) is 0 Å². The van der Waals surface area contributed by atoms with Gasteiger partial charge < -0.3 is 9.97 Å². The molecule has 0 fully saturated rings. The molecule has 0 aliphatic carbocycles. The first-order chi connectivity index (χ1) is 14.3. The van der Waals surface area contributed by atoms with Crippen molar-refractivity contribution in [2.75, 3.05) is 0 Å². The van der Waals surface area contributed by atoms with E-state index in [1.807, 2.05) is 27.7 Å². The average molecular weight is 427 g/mol. The first-order valence-corrected chi connectivity index (χ1v) is 11.0. The van der Waals surface area contributed by atoms with E-state index in [-0.39, 0.29) is 53.2 Å². The summed E-state index contributed by atoms with van der Waals surface area (Å²) in [4.78, 5) is 57.0. The van der Waals surface area contributed by atoms with E-state index in [4.69, 9.17) is 0 Å². The van der Waals surface area contributed by atoms with Crippen molar-refractivity contribution in [3.05, 3.63) is 46.0 Å². The molecule has 31 heavy (non-hydrogen) atoms. The van der Waals surface area contributed by atoms with Crippen molar-refractivity contribution in [3.63, 3.8) is 0 Å². The average Bonchev–Trinajstić information content (AvgIpc) is 3.29. The van der Waals surface area contributed by atoms with Crippen LogP contribution >= 0.6 is 0 Å². The predicted molar refractivity (Wildman–Crippen MR) is 121 cm³/mol. The quantitative estimate of drug-likeness (QED) is 0.504. The summed E-state index contributed by atoms with van der Waals surface area (Å²) >= 11 is 0. The predicted octanol–water partition coefficient (Wildman–Crippen LogP) is 5.29. The fourth-order valence-electron chi connectivity index (χ4n) is 3.40. The number of ketones is 4. The summed E-state index contributed by atoms with van der Waals surface area (Å²) in [6.45, 7) is 14.5. The van der Waals surface area contributed by atoms with Crippen molar-refractivity contribution in [1.82, 2.24) is 9.97 Å². The van der Waals surface area contributed by atoms with E-state index < -0.39 is 0 Å². The maximum atomic E-state index is 12.8. The fourth-order valence-corrected chi connectivity index (χ4v) is 3.40. The van der Waals surface area contributed by atoms with Crippen LogP contribution in [-0.2, 0) is 6.42 Å². The molecule has 0 aliphatic heterocycles. The normalized spacial score (nSPS) is 11.7. The number of aromatic nitrogens is 2. The van der Waals surface area contributed by atoms with Gasteiger partial charge >= 0.3 is 0 Å². The Balaban J connectivity index is 2.60. The van der Waals surface area contributed by atoms with E-state index in [0.29, 0.717) is 33.9 Å². The standard InChI is InChI=1S/C25H34N2O4/c1-12(2)22(28)16-9-20(24(30)14(5)6)26-18(16)11-19-17(23(29)13(3)4)10-21(27-19)25(31)15(7)8/h9-10,12-15,26-27H,11H2,1-8H3. The van der Waals surface area contributed by atoms with Gasteiger partial charge in [0.15, 0.2) is 23.1 Å². The molecule has 0 saturated heterocycles. The fraction of sp³-hybridized carbons (Fsp3) is 0.520. The highest BCUT2D eigenvalue weighted by atomic mass is 16.1. The molecule has 0 spiro atoms. The third kappa shape index (κ3) is 5.30. The Labute approximate surface area is 184 Å². The maximum Gasteiger partial charge on any atom is 0.181 e. The molecule has 0 saturated carbocycles. The number of rotatable bonds is 10. The number of aromatic amines is 2.